The number of H-pyrrole nitrogens is 1. The highest BCUT2D eigenvalue weighted by molar-refractivity contribution is 7.99. The lowest BCUT2D eigenvalue weighted by atomic mass is 10.4. The maximum Gasteiger partial charge on any atom is 0.252 e. The number of aliphatic hydroxyl groups excluding tert-OH is 1. The highest BCUT2D eigenvalue weighted by Crippen LogP contribution is 2.26. The van der Waals surface area contributed by atoms with Gasteiger partial charge in [-0.1, -0.05) is 30.0 Å². The lowest BCUT2D eigenvalue weighted by Gasteiger charge is -2.12. The molecule has 106 valence electrons. The van der Waals surface area contributed by atoms with Crippen LogP contribution >= 0.6 is 24.0 Å². The molecule has 20 heavy (non-hydrogen) atoms. The van der Waals surface area contributed by atoms with Gasteiger partial charge in [0.25, 0.3) is 5.56 Å². The van der Waals surface area contributed by atoms with Crippen LogP contribution in [-0.2, 0) is 11.5 Å². The highest BCUT2D eigenvalue weighted by atomic mass is 32.2. The van der Waals surface area contributed by atoms with Gasteiger partial charge in [0.1, 0.15) is 6.73 Å². The van der Waals surface area contributed by atoms with E-state index in [9.17, 15) is 4.79 Å². The van der Waals surface area contributed by atoms with Crippen molar-refractivity contribution in [2.24, 2.45) is 0 Å². The Balaban J connectivity index is 2.30. The Kier molecular flexibility index (Phi) is 5.54. The molecule has 1 aromatic heterocycles. The first-order valence-electron chi connectivity index (χ1n) is 5.96. The fraction of sp³-hybridized carbons (Fsp3) is 0.231. The van der Waals surface area contributed by atoms with Gasteiger partial charge in [-0.25, -0.2) is 0 Å². The molecule has 0 saturated carbocycles. The van der Waals surface area contributed by atoms with Crippen molar-refractivity contribution < 1.29 is 9.84 Å². The van der Waals surface area contributed by atoms with Crippen LogP contribution in [0.3, 0.4) is 0 Å². The fourth-order valence-electron chi connectivity index (χ4n) is 1.54. The Hall–Kier alpha value is -1.41. The lowest BCUT2D eigenvalue weighted by molar-refractivity contribution is 0.0424. The minimum absolute atomic E-state index is 0.0577. The molecule has 0 fully saturated rings. The Morgan fingerprint density at radius 1 is 1.35 bits per heavy atom. The number of aromatic amines is 1. The molecule has 0 atom stereocenters. The molecule has 2 N–H and O–H groups in total. The zero-order valence-electron chi connectivity index (χ0n) is 10.6. The normalized spacial score (nSPS) is 10.7. The first kappa shape index (κ1) is 15.0. The van der Waals surface area contributed by atoms with Crippen LogP contribution in [-0.4, -0.2) is 27.9 Å². The van der Waals surface area contributed by atoms with Crippen molar-refractivity contribution in [3.8, 4) is 0 Å². The van der Waals surface area contributed by atoms with E-state index in [-0.39, 0.29) is 25.5 Å². The molecule has 1 aromatic carbocycles. The van der Waals surface area contributed by atoms with Gasteiger partial charge in [-0.2, -0.15) is 0 Å². The summed E-state index contributed by atoms with van der Waals surface area (Å²) < 4.78 is 7.26. The minimum Gasteiger partial charge on any atom is -0.394 e. The van der Waals surface area contributed by atoms with E-state index in [1.54, 1.807) is 4.57 Å². The van der Waals surface area contributed by atoms with Crippen molar-refractivity contribution in [3.05, 3.63) is 51.5 Å². The van der Waals surface area contributed by atoms with Gasteiger partial charge in [0, 0.05) is 11.0 Å². The second-order valence-corrected chi connectivity index (χ2v) is 5.36. The highest BCUT2D eigenvalue weighted by Gasteiger charge is 2.06. The second-order valence-electron chi connectivity index (χ2n) is 3.88. The molecule has 0 bridgehead atoms. The van der Waals surface area contributed by atoms with Gasteiger partial charge in [0.05, 0.1) is 18.2 Å². The Labute approximate surface area is 125 Å². The van der Waals surface area contributed by atoms with E-state index in [1.807, 2.05) is 30.3 Å². The van der Waals surface area contributed by atoms with E-state index in [2.05, 4.69) is 4.98 Å². The summed E-state index contributed by atoms with van der Waals surface area (Å²) in [6.07, 6.45) is 0. The van der Waals surface area contributed by atoms with Crippen LogP contribution < -0.4 is 5.56 Å². The van der Waals surface area contributed by atoms with Crippen molar-refractivity contribution >= 4 is 24.0 Å². The van der Waals surface area contributed by atoms with Crippen LogP contribution in [0.1, 0.15) is 0 Å². The maximum atomic E-state index is 11.6. The summed E-state index contributed by atoms with van der Waals surface area (Å²) in [6.45, 7) is 0.347. The molecule has 0 aliphatic heterocycles. The summed E-state index contributed by atoms with van der Waals surface area (Å²) in [6, 6.07) is 11.2. The molecule has 0 saturated heterocycles. The number of aliphatic hydroxyl groups is 1. The van der Waals surface area contributed by atoms with E-state index >= 15 is 0 Å². The number of hydrogen-bond donors (Lipinski definition) is 2. The summed E-state index contributed by atoms with van der Waals surface area (Å²) in [5.74, 6) is 0. The molecule has 0 unspecified atom stereocenters. The molecule has 2 rings (SSSR count). The monoisotopic (exact) mass is 310 g/mol. The van der Waals surface area contributed by atoms with E-state index in [0.29, 0.717) is 9.80 Å². The number of benzene rings is 1. The van der Waals surface area contributed by atoms with Crippen molar-refractivity contribution in [2.75, 3.05) is 13.2 Å². The van der Waals surface area contributed by atoms with Crippen LogP contribution in [0.5, 0.6) is 0 Å². The average molecular weight is 310 g/mol. The van der Waals surface area contributed by atoms with Crippen LogP contribution in [0.15, 0.2) is 51.1 Å². The summed E-state index contributed by atoms with van der Waals surface area (Å²) >= 11 is 6.58. The first-order valence-corrected chi connectivity index (χ1v) is 7.19. The van der Waals surface area contributed by atoms with Gasteiger partial charge in [0.15, 0.2) is 4.77 Å². The standard InChI is InChI=1S/C13H14N2O3S2/c16-6-7-18-9-15-12(8-11(17)14-13(15)19)20-10-4-2-1-3-5-10/h1-5,8,16H,6-7,9H2,(H,14,17,19). The third-order valence-electron chi connectivity index (χ3n) is 2.42. The zero-order chi connectivity index (χ0) is 14.4. The van der Waals surface area contributed by atoms with Crippen molar-refractivity contribution in [1.82, 2.24) is 9.55 Å². The molecular weight excluding hydrogens is 296 g/mol. The van der Waals surface area contributed by atoms with E-state index in [4.69, 9.17) is 22.1 Å². The van der Waals surface area contributed by atoms with Crippen molar-refractivity contribution in [3.63, 3.8) is 0 Å². The number of aromatic nitrogens is 2. The van der Waals surface area contributed by atoms with Gasteiger partial charge in [0.2, 0.25) is 0 Å². The van der Waals surface area contributed by atoms with Gasteiger partial charge in [-0.15, -0.1) is 0 Å². The van der Waals surface area contributed by atoms with Gasteiger partial charge >= 0.3 is 0 Å². The van der Waals surface area contributed by atoms with Crippen molar-refractivity contribution in [2.45, 2.75) is 16.7 Å². The van der Waals surface area contributed by atoms with Crippen LogP contribution in [0.4, 0.5) is 0 Å². The third kappa shape index (κ3) is 4.04. The first-order chi connectivity index (χ1) is 9.70. The minimum atomic E-state index is -0.244. The molecule has 2 aromatic rings. The Morgan fingerprint density at radius 3 is 2.80 bits per heavy atom. The molecule has 7 heteroatoms. The number of ether oxygens (including phenoxy) is 1. The summed E-state index contributed by atoms with van der Waals surface area (Å²) in [7, 11) is 0. The molecule has 0 amide bonds. The van der Waals surface area contributed by atoms with Crippen molar-refractivity contribution in [1.29, 1.82) is 0 Å². The zero-order valence-corrected chi connectivity index (χ0v) is 12.2. The smallest absolute Gasteiger partial charge is 0.252 e. The molecular formula is C13H14N2O3S2. The SMILES string of the molecule is O=c1cc(Sc2ccccc2)n(COCCO)c(=S)[nH]1. The quantitative estimate of drug-likeness (QED) is 0.485. The molecule has 5 nitrogen and oxygen atoms in total. The molecule has 1 heterocycles. The van der Waals surface area contributed by atoms with Gasteiger partial charge < -0.3 is 9.84 Å². The Morgan fingerprint density at radius 2 is 2.10 bits per heavy atom. The molecule has 0 aliphatic rings. The summed E-state index contributed by atoms with van der Waals surface area (Å²) in [4.78, 5) is 15.1. The van der Waals surface area contributed by atoms with Gasteiger partial charge in [-0.05, 0) is 24.4 Å². The third-order valence-corrected chi connectivity index (χ3v) is 3.80. The van der Waals surface area contributed by atoms with E-state index in [0.717, 1.165) is 4.90 Å². The van der Waals surface area contributed by atoms with Gasteiger partial charge in [-0.3, -0.25) is 14.3 Å². The predicted octanol–water partition coefficient (Wildman–Crippen LogP) is 2.02. The van der Waals surface area contributed by atoms with Crippen LogP contribution in [0.2, 0.25) is 0 Å². The topological polar surface area (TPSA) is 67.2 Å². The number of nitrogens with zero attached hydrogens (tertiary/aromatic N) is 1. The van der Waals surface area contributed by atoms with Crippen LogP contribution in [0, 0.1) is 4.77 Å². The molecule has 0 spiro atoms. The number of nitrogens with one attached hydrogen (secondary N) is 1. The number of hydrogen-bond acceptors (Lipinski definition) is 5. The summed E-state index contributed by atoms with van der Waals surface area (Å²) in [5.41, 5.74) is -0.244. The van der Waals surface area contributed by atoms with Crippen LogP contribution in [0.25, 0.3) is 0 Å². The van der Waals surface area contributed by atoms with E-state index in [1.165, 1.54) is 17.8 Å². The maximum absolute atomic E-state index is 11.6. The largest absolute Gasteiger partial charge is 0.394 e. The van der Waals surface area contributed by atoms with E-state index < -0.39 is 0 Å². The molecule has 0 radical (unpaired) electrons. The molecule has 0 aliphatic carbocycles. The number of rotatable bonds is 6. The predicted molar refractivity (Wildman–Crippen MR) is 79.5 cm³/mol. The second kappa shape index (κ2) is 7.39. The summed E-state index contributed by atoms with van der Waals surface area (Å²) in [5, 5.41) is 9.44. The average Bonchev–Trinajstić information content (AvgIpc) is 2.43. The Bertz CT molecular complexity index is 667. The fourth-order valence-corrected chi connectivity index (χ4v) is 2.80. The lowest BCUT2D eigenvalue weighted by Crippen LogP contribution is -2.16.